The molecule has 1 aromatic rings. The monoisotopic (exact) mass is 235 g/mol. The molecule has 1 saturated heterocycles. The van der Waals surface area contributed by atoms with Crippen molar-refractivity contribution in [1.29, 1.82) is 0 Å². The third kappa shape index (κ3) is 2.88. The SMILES string of the molecule is CCNCCC(=O)N1CCCC1c1ccc[nH]1. The number of nitrogens with one attached hydrogen (secondary N) is 2. The molecule has 0 aromatic carbocycles. The Labute approximate surface area is 102 Å². The van der Waals surface area contributed by atoms with Gasteiger partial charge in [0.25, 0.3) is 0 Å². The molecule has 2 heterocycles. The van der Waals surface area contributed by atoms with Gasteiger partial charge in [0.1, 0.15) is 0 Å². The van der Waals surface area contributed by atoms with Gasteiger partial charge in [-0.15, -0.1) is 0 Å². The van der Waals surface area contributed by atoms with E-state index < -0.39 is 0 Å². The summed E-state index contributed by atoms with van der Waals surface area (Å²) in [6, 6.07) is 4.33. The predicted molar refractivity (Wildman–Crippen MR) is 67.6 cm³/mol. The molecule has 4 heteroatoms. The molecular weight excluding hydrogens is 214 g/mol. The summed E-state index contributed by atoms with van der Waals surface area (Å²) in [5.74, 6) is 0.267. The first-order chi connectivity index (χ1) is 8.33. The largest absolute Gasteiger partial charge is 0.363 e. The third-order valence-corrected chi connectivity index (χ3v) is 3.32. The van der Waals surface area contributed by atoms with E-state index in [0.717, 1.165) is 32.5 Å². The Hall–Kier alpha value is -1.29. The van der Waals surface area contributed by atoms with Crippen molar-refractivity contribution in [2.45, 2.75) is 32.2 Å². The highest BCUT2D eigenvalue weighted by Gasteiger charge is 2.29. The Bertz CT molecular complexity index is 348. The van der Waals surface area contributed by atoms with Gasteiger partial charge in [-0.2, -0.15) is 0 Å². The van der Waals surface area contributed by atoms with E-state index in [1.54, 1.807) is 0 Å². The number of carbonyl (C=O) groups excluding carboxylic acids is 1. The molecule has 94 valence electrons. The summed E-state index contributed by atoms with van der Waals surface area (Å²) in [6.45, 7) is 4.66. The Morgan fingerprint density at radius 3 is 3.24 bits per heavy atom. The van der Waals surface area contributed by atoms with Crippen LogP contribution in [0.4, 0.5) is 0 Å². The second-order valence-electron chi connectivity index (χ2n) is 4.47. The maximum absolute atomic E-state index is 12.1. The molecule has 1 aliphatic heterocycles. The van der Waals surface area contributed by atoms with Gasteiger partial charge in [-0.05, 0) is 31.5 Å². The van der Waals surface area contributed by atoms with Crippen LogP contribution in [0.1, 0.15) is 37.9 Å². The summed E-state index contributed by atoms with van der Waals surface area (Å²) in [4.78, 5) is 17.3. The summed E-state index contributed by atoms with van der Waals surface area (Å²) >= 11 is 0. The molecular formula is C13H21N3O. The van der Waals surface area contributed by atoms with Crippen molar-refractivity contribution >= 4 is 5.91 Å². The minimum absolute atomic E-state index is 0.263. The molecule has 0 spiro atoms. The maximum Gasteiger partial charge on any atom is 0.224 e. The van der Waals surface area contributed by atoms with Gasteiger partial charge in [-0.3, -0.25) is 4.79 Å². The number of aromatic amines is 1. The quantitative estimate of drug-likeness (QED) is 0.763. The lowest BCUT2D eigenvalue weighted by molar-refractivity contribution is -0.132. The molecule has 2 rings (SSSR count). The number of rotatable bonds is 5. The van der Waals surface area contributed by atoms with E-state index in [0.29, 0.717) is 6.42 Å². The number of nitrogens with zero attached hydrogens (tertiary/aromatic N) is 1. The fraction of sp³-hybridized carbons (Fsp3) is 0.615. The van der Waals surface area contributed by atoms with Crippen molar-refractivity contribution in [2.24, 2.45) is 0 Å². The summed E-state index contributed by atoms with van der Waals surface area (Å²) < 4.78 is 0. The average Bonchev–Trinajstić information content (AvgIpc) is 2.99. The summed E-state index contributed by atoms with van der Waals surface area (Å²) in [5, 5.41) is 3.20. The molecule has 1 aromatic heterocycles. The number of aromatic nitrogens is 1. The second kappa shape index (κ2) is 5.87. The fourth-order valence-corrected chi connectivity index (χ4v) is 2.46. The first kappa shape index (κ1) is 12.2. The van der Waals surface area contributed by atoms with Crippen molar-refractivity contribution in [3.05, 3.63) is 24.0 Å². The van der Waals surface area contributed by atoms with Crippen molar-refractivity contribution < 1.29 is 4.79 Å². The molecule has 2 N–H and O–H groups in total. The summed E-state index contributed by atoms with van der Waals surface area (Å²) in [7, 11) is 0. The van der Waals surface area contributed by atoms with Crippen molar-refractivity contribution in [3.63, 3.8) is 0 Å². The Kier molecular flexibility index (Phi) is 4.20. The number of hydrogen-bond donors (Lipinski definition) is 2. The molecule has 1 atom stereocenters. The molecule has 0 radical (unpaired) electrons. The van der Waals surface area contributed by atoms with Crippen molar-refractivity contribution in [3.8, 4) is 0 Å². The number of H-pyrrole nitrogens is 1. The van der Waals surface area contributed by atoms with Crippen LogP contribution in [0.5, 0.6) is 0 Å². The number of amides is 1. The first-order valence-electron chi connectivity index (χ1n) is 6.46. The first-order valence-corrected chi connectivity index (χ1v) is 6.46. The van der Waals surface area contributed by atoms with E-state index in [-0.39, 0.29) is 11.9 Å². The minimum atomic E-state index is 0.263. The molecule has 0 saturated carbocycles. The topological polar surface area (TPSA) is 48.1 Å². The number of likely N-dealkylation sites (tertiary alicyclic amines) is 1. The number of carbonyl (C=O) groups is 1. The molecule has 1 amide bonds. The molecule has 1 fully saturated rings. The van der Waals surface area contributed by atoms with Crippen LogP contribution in [0.15, 0.2) is 18.3 Å². The van der Waals surface area contributed by atoms with Gasteiger partial charge < -0.3 is 15.2 Å². The van der Waals surface area contributed by atoms with Gasteiger partial charge >= 0.3 is 0 Å². The zero-order valence-corrected chi connectivity index (χ0v) is 10.4. The maximum atomic E-state index is 12.1. The van der Waals surface area contributed by atoms with Gasteiger partial charge in [0.2, 0.25) is 5.91 Å². The lowest BCUT2D eigenvalue weighted by Gasteiger charge is -2.24. The van der Waals surface area contributed by atoms with Gasteiger partial charge in [0.05, 0.1) is 6.04 Å². The number of hydrogen-bond acceptors (Lipinski definition) is 2. The molecule has 1 aliphatic rings. The smallest absolute Gasteiger partial charge is 0.224 e. The highest BCUT2D eigenvalue weighted by Crippen LogP contribution is 2.31. The average molecular weight is 235 g/mol. The lowest BCUT2D eigenvalue weighted by atomic mass is 10.1. The van der Waals surface area contributed by atoms with E-state index in [9.17, 15) is 4.79 Å². The molecule has 17 heavy (non-hydrogen) atoms. The Morgan fingerprint density at radius 2 is 2.53 bits per heavy atom. The van der Waals surface area contributed by atoms with Gasteiger partial charge in [0.15, 0.2) is 0 Å². The van der Waals surface area contributed by atoms with Gasteiger partial charge in [-0.1, -0.05) is 6.92 Å². The van der Waals surface area contributed by atoms with E-state index in [2.05, 4.69) is 23.3 Å². The predicted octanol–water partition coefficient (Wildman–Crippen LogP) is 1.68. The van der Waals surface area contributed by atoms with Crippen LogP contribution >= 0.6 is 0 Å². The molecule has 4 nitrogen and oxygen atoms in total. The fourth-order valence-electron chi connectivity index (χ4n) is 2.46. The summed E-state index contributed by atoms with van der Waals surface area (Å²) in [6.07, 6.45) is 4.71. The lowest BCUT2D eigenvalue weighted by Crippen LogP contribution is -2.33. The second-order valence-corrected chi connectivity index (χ2v) is 4.47. The van der Waals surface area contributed by atoms with Crippen molar-refractivity contribution in [2.75, 3.05) is 19.6 Å². The van der Waals surface area contributed by atoms with Crippen LogP contribution in [-0.2, 0) is 4.79 Å². The summed E-state index contributed by atoms with van der Waals surface area (Å²) in [5.41, 5.74) is 1.17. The van der Waals surface area contributed by atoms with Gasteiger partial charge in [-0.25, -0.2) is 0 Å². The molecule has 1 unspecified atom stereocenters. The normalized spacial score (nSPS) is 19.8. The van der Waals surface area contributed by atoms with E-state index >= 15 is 0 Å². The van der Waals surface area contributed by atoms with Crippen LogP contribution in [0.3, 0.4) is 0 Å². The van der Waals surface area contributed by atoms with E-state index in [4.69, 9.17) is 0 Å². The zero-order chi connectivity index (χ0) is 12.1. The Morgan fingerprint density at radius 1 is 1.65 bits per heavy atom. The highest BCUT2D eigenvalue weighted by atomic mass is 16.2. The van der Waals surface area contributed by atoms with Crippen LogP contribution < -0.4 is 5.32 Å². The van der Waals surface area contributed by atoms with Crippen LogP contribution in [0.2, 0.25) is 0 Å². The molecule has 0 bridgehead atoms. The molecule has 0 aliphatic carbocycles. The van der Waals surface area contributed by atoms with Crippen LogP contribution in [0.25, 0.3) is 0 Å². The van der Waals surface area contributed by atoms with Crippen molar-refractivity contribution in [1.82, 2.24) is 15.2 Å². The Balaban J connectivity index is 1.93. The van der Waals surface area contributed by atoms with Crippen LogP contribution in [-0.4, -0.2) is 35.4 Å². The minimum Gasteiger partial charge on any atom is -0.363 e. The van der Waals surface area contributed by atoms with Gasteiger partial charge in [0, 0.05) is 31.4 Å². The standard InChI is InChI=1S/C13H21N3O/c1-2-14-9-7-13(17)16-10-4-6-12(16)11-5-3-8-15-11/h3,5,8,12,14-15H,2,4,6-7,9-10H2,1H3. The zero-order valence-electron chi connectivity index (χ0n) is 10.4. The third-order valence-electron chi connectivity index (χ3n) is 3.32. The van der Waals surface area contributed by atoms with E-state index in [1.165, 1.54) is 5.69 Å². The highest BCUT2D eigenvalue weighted by molar-refractivity contribution is 5.77. The van der Waals surface area contributed by atoms with E-state index in [1.807, 2.05) is 17.2 Å². The van der Waals surface area contributed by atoms with Crippen LogP contribution in [0, 0.1) is 0 Å².